The summed E-state index contributed by atoms with van der Waals surface area (Å²) in [5.74, 6) is 1.77. The van der Waals surface area contributed by atoms with E-state index in [4.69, 9.17) is 0 Å². The molecule has 0 aromatic carbocycles. The molecule has 0 unspecified atom stereocenters. The number of hydrogen-bond donors (Lipinski definition) is 0. The van der Waals surface area contributed by atoms with Gasteiger partial charge in [-0.1, -0.05) is 0 Å². The van der Waals surface area contributed by atoms with E-state index in [-0.39, 0.29) is 0 Å². The molecule has 1 saturated heterocycles. The molecule has 26 heavy (non-hydrogen) atoms. The standard InChI is InChI=1S/C18H22N8/c1-12-9-13(2)23-18(22-12)25-7-5-24(6-8-25)16-15-17(20-10-19-16)26(11-21-15)14-3-4-14/h9-11,14H,3-8H2,1-2H3. The van der Waals surface area contributed by atoms with Gasteiger partial charge >= 0.3 is 0 Å². The van der Waals surface area contributed by atoms with E-state index < -0.39 is 0 Å². The highest BCUT2D eigenvalue weighted by molar-refractivity contribution is 5.83. The molecule has 8 nitrogen and oxygen atoms in total. The topological polar surface area (TPSA) is 75.9 Å². The second-order valence-electron chi connectivity index (χ2n) is 7.18. The quantitative estimate of drug-likeness (QED) is 0.714. The minimum Gasteiger partial charge on any atom is -0.351 e. The Bertz CT molecular complexity index is 933. The van der Waals surface area contributed by atoms with Gasteiger partial charge in [-0.25, -0.2) is 24.9 Å². The summed E-state index contributed by atoms with van der Waals surface area (Å²) in [4.78, 5) is 27.4. The fraction of sp³-hybridized carbons (Fsp3) is 0.500. The lowest BCUT2D eigenvalue weighted by Gasteiger charge is -2.35. The van der Waals surface area contributed by atoms with E-state index in [1.165, 1.54) is 12.8 Å². The van der Waals surface area contributed by atoms with Gasteiger partial charge in [-0.2, -0.15) is 0 Å². The molecular weight excluding hydrogens is 328 g/mol. The van der Waals surface area contributed by atoms with Gasteiger partial charge in [-0.05, 0) is 32.8 Å². The lowest BCUT2D eigenvalue weighted by atomic mass is 10.3. The summed E-state index contributed by atoms with van der Waals surface area (Å²) >= 11 is 0. The number of rotatable bonds is 3. The van der Waals surface area contributed by atoms with E-state index in [0.717, 1.165) is 60.5 Å². The van der Waals surface area contributed by atoms with Gasteiger partial charge in [0.05, 0.1) is 6.33 Å². The SMILES string of the molecule is Cc1cc(C)nc(N2CCN(c3ncnc4c3ncn4C3CC3)CC2)n1. The normalized spacial score (nSPS) is 17.9. The molecule has 5 rings (SSSR count). The zero-order valence-corrected chi connectivity index (χ0v) is 15.1. The summed E-state index contributed by atoms with van der Waals surface area (Å²) in [6, 6.07) is 2.58. The Balaban J connectivity index is 1.38. The Morgan fingerprint density at radius 3 is 2.27 bits per heavy atom. The van der Waals surface area contributed by atoms with Crippen LogP contribution in [0.25, 0.3) is 11.2 Å². The van der Waals surface area contributed by atoms with Crippen molar-refractivity contribution >= 4 is 22.9 Å². The molecular formula is C18H22N8. The predicted molar refractivity (Wildman–Crippen MR) is 99.5 cm³/mol. The molecule has 3 aromatic heterocycles. The second-order valence-corrected chi connectivity index (χ2v) is 7.18. The number of aryl methyl sites for hydroxylation is 2. The first-order chi connectivity index (χ1) is 12.7. The van der Waals surface area contributed by atoms with Gasteiger partial charge in [0.25, 0.3) is 0 Å². The Hall–Kier alpha value is -2.77. The maximum atomic E-state index is 4.61. The van der Waals surface area contributed by atoms with Crippen LogP contribution >= 0.6 is 0 Å². The fourth-order valence-corrected chi connectivity index (χ4v) is 3.66. The largest absolute Gasteiger partial charge is 0.351 e. The molecule has 4 heterocycles. The second kappa shape index (κ2) is 5.89. The number of anilines is 2. The first kappa shape index (κ1) is 15.5. The Morgan fingerprint density at radius 2 is 1.58 bits per heavy atom. The van der Waals surface area contributed by atoms with E-state index in [0.29, 0.717) is 6.04 Å². The molecule has 3 aromatic rings. The van der Waals surface area contributed by atoms with Gasteiger partial charge in [-0.15, -0.1) is 0 Å². The van der Waals surface area contributed by atoms with Gasteiger partial charge < -0.3 is 14.4 Å². The van der Waals surface area contributed by atoms with Crippen molar-refractivity contribution in [2.75, 3.05) is 36.0 Å². The summed E-state index contributed by atoms with van der Waals surface area (Å²) in [6.07, 6.45) is 6.02. The van der Waals surface area contributed by atoms with Crippen LogP contribution in [0.3, 0.4) is 0 Å². The highest BCUT2D eigenvalue weighted by Gasteiger charge is 2.28. The number of nitrogens with zero attached hydrogens (tertiary/aromatic N) is 8. The maximum absolute atomic E-state index is 4.61. The molecule has 1 aliphatic carbocycles. The van der Waals surface area contributed by atoms with Crippen LogP contribution in [0.15, 0.2) is 18.7 Å². The zero-order valence-electron chi connectivity index (χ0n) is 15.1. The van der Waals surface area contributed by atoms with E-state index in [1.807, 2.05) is 26.2 Å². The molecule has 0 atom stereocenters. The molecule has 0 amide bonds. The molecule has 0 radical (unpaired) electrons. The average Bonchev–Trinajstić information content (AvgIpc) is 3.39. The van der Waals surface area contributed by atoms with Crippen molar-refractivity contribution in [3.8, 4) is 0 Å². The summed E-state index contributed by atoms with van der Waals surface area (Å²) in [5, 5.41) is 0. The van der Waals surface area contributed by atoms with Crippen molar-refractivity contribution in [3.63, 3.8) is 0 Å². The molecule has 0 spiro atoms. The minimum atomic E-state index is 0.571. The first-order valence-corrected chi connectivity index (χ1v) is 9.19. The molecule has 1 saturated carbocycles. The highest BCUT2D eigenvalue weighted by atomic mass is 15.3. The van der Waals surface area contributed by atoms with E-state index in [9.17, 15) is 0 Å². The van der Waals surface area contributed by atoms with Gasteiger partial charge in [0.1, 0.15) is 6.33 Å². The molecule has 2 fully saturated rings. The molecule has 1 aliphatic heterocycles. The van der Waals surface area contributed by atoms with Gasteiger partial charge in [-0.3, -0.25) is 0 Å². The highest BCUT2D eigenvalue weighted by Crippen LogP contribution is 2.37. The summed E-state index contributed by atoms with van der Waals surface area (Å²) in [7, 11) is 0. The van der Waals surface area contributed by atoms with Crippen LogP contribution in [0.4, 0.5) is 11.8 Å². The monoisotopic (exact) mass is 350 g/mol. The van der Waals surface area contributed by atoms with Gasteiger partial charge in [0.15, 0.2) is 17.0 Å². The molecule has 134 valence electrons. The van der Waals surface area contributed by atoms with Crippen molar-refractivity contribution in [2.45, 2.75) is 32.7 Å². The van der Waals surface area contributed by atoms with Crippen molar-refractivity contribution in [3.05, 3.63) is 30.1 Å². The van der Waals surface area contributed by atoms with Crippen LogP contribution in [0.5, 0.6) is 0 Å². The lowest BCUT2D eigenvalue weighted by Crippen LogP contribution is -2.47. The molecule has 2 aliphatic rings. The van der Waals surface area contributed by atoms with E-state index in [2.05, 4.69) is 39.3 Å². The minimum absolute atomic E-state index is 0.571. The summed E-state index contributed by atoms with van der Waals surface area (Å²) in [6.45, 7) is 7.53. The average molecular weight is 350 g/mol. The summed E-state index contributed by atoms with van der Waals surface area (Å²) < 4.78 is 2.19. The Morgan fingerprint density at radius 1 is 0.885 bits per heavy atom. The van der Waals surface area contributed by atoms with E-state index >= 15 is 0 Å². The van der Waals surface area contributed by atoms with Crippen molar-refractivity contribution in [1.82, 2.24) is 29.5 Å². The third-order valence-corrected chi connectivity index (χ3v) is 5.11. The van der Waals surface area contributed by atoms with Gasteiger partial charge in [0.2, 0.25) is 5.95 Å². The molecule has 0 bridgehead atoms. The predicted octanol–water partition coefficient (Wildman–Crippen LogP) is 1.89. The van der Waals surface area contributed by atoms with Crippen LogP contribution in [0, 0.1) is 13.8 Å². The number of piperazine rings is 1. The molecule has 8 heteroatoms. The first-order valence-electron chi connectivity index (χ1n) is 9.19. The van der Waals surface area contributed by atoms with Crippen LogP contribution in [0.2, 0.25) is 0 Å². The third-order valence-electron chi connectivity index (χ3n) is 5.11. The number of hydrogen-bond acceptors (Lipinski definition) is 7. The van der Waals surface area contributed by atoms with Crippen molar-refractivity contribution in [1.29, 1.82) is 0 Å². The Kier molecular flexibility index (Phi) is 3.51. The number of aromatic nitrogens is 6. The van der Waals surface area contributed by atoms with Crippen LogP contribution < -0.4 is 9.80 Å². The number of fused-ring (bicyclic) bond motifs is 1. The van der Waals surface area contributed by atoms with E-state index in [1.54, 1.807) is 6.33 Å². The Labute approximate surface area is 151 Å². The fourth-order valence-electron chi connectivity index (χ4n) is 3.66. The maximum Gasteiger partial charge on any atom is 0.225 e. The zero-order chi connectivity index (χ0) is 17.7. The lowest BCUT2D eigenvalue weighted by molar-refractivity contribution is 0.633. The number of imidazole rings is 1. The third kappa shape index (κ3) is 2.65. The van der Waals surface area contributed by atoms with Crippen molar-refractivity contribution in [2.24, 2.45) is 0 Å². The summed E-state index contributed by atoms with van der Waals surface area (Å²) in [5.41, 5.74) is 3.89. The van der Waals surface area contributed by atoms with Crippen LogP contribution in [-0.2, 0) is 0 Å². The molecule has 0 N–H and O–H groups in total. The van der Waals surface area contributed by atoms with Crippen molar-refractivity contribution < 1.29 is 0 Å². The van der Waals surface area contributed by atoms with Crippen LogP contribution in [0.1, 0.15) is 30.3 Å². The van der Waals surface area contributed by atoms with Crippen LogP contribution in [-0.4, -0.2) is 55.7 Å². The smallest absolute Gasteiger partial charge is 0.225 e. The van der Waals surface area contributed by atoms with Gasteiger partial charge in [0, 0.05) is 43.6 Å².